The first kappa shape index (κ1) is 12.2. The molecule has 1 heterocycles. The Labute approximate surface area is 93.9 Å². The molecular weight excluding hydrogens is 208 g/mol. The third-order valence-corrected chi connectivity index (χ3v) is 1.95. The Kier molecular flexibility index (Phi) is 4.05. The molecule has 1 aromatic heterocycles. The molecule has 0 radical (unpaired) electrons. The highest BCUT2D eigenvalue weighted by Crippen LogP contribution is 2.12. The standard InChI is InChI=1S/C12H14O4/c1-4-15-12(14)8(2)7-10(13)11-6-5-9(3)16-11/h5-6H,2,4,7H2,1,3H3. The zero-order valence-electron chi connectivity index (χ0n) is 9.41. The largest absolute Gasteiger partial charge is 0.463 e. The maximum absolute atomic E-state index is 11.6. The van der Waals surface area contributed by atoms with E-state index in [9.17, 15) is 9.59 Å². The van der Waals surface area contributed by atoms with Gasteiger partial charge < -0.3 is 9.15 Å². The fourth-order valence-electron chi connectivity index (χ4n) is 1.17. The van der Waals surface area contributed by atoms with Gasteiger partial charge in [0.05, 0.1) is 6.61 Å². The number of furan rings is 1. The van der Waals surface area contributed by atoms with Gasteiger partial charge in [-0.15, -0.1) is 0 Å². The van der Waals surface area contributed by atoms with Crippen LogP contribution >= 0.6 is 0 Å². The summed E-state index contributed by atoms with van der Waals surface area (Å²) in [6.45, 7) is 7.22. The first-order valence-corrected chi connectivity index (χ1v) is 4.99. The van der Waals surface area contributed by atoms with Gasteiger partial charge in [0.15, 0.2) is 5.76 Å². The van der Waals surface area contributed by atoms with Gasteiger partial charge in [-0.1, -0.05) is 6.58 Å². The molecule has 0 aliphatic heterocycles. The molecule has 0 aliphatic rings. The minimum atomic E-state index is -0.542. The van der Waals surface area contributed by atoms with Crippen LogP contribution in [0, 0.1) is 6.92 Å². The summed E-state index contributed by atoms with van der Waals surface area (Å²) in [4.78, 5) is 22.8. The van der Waals surface area contributed by atoms with Crippen molar-refractivity contribution >= 4 is 11.8 Å². The van der Waals surface area contributed by atoms with Crippen molar-refractivity contribution in [3.63, 3.8) is 0 Å². The third-order valence-electron chi connectivity index (χ3n) is 1.95. The Morgan fingerprint density at radius 2 is 2.12 bits per heavy atom. The lowest BCUT2D eigenvalue weighted by atomic mass is 10.1. The second-order valence-corrected chi connectivity index (χ2v) is 3.33. The van der Waals surface area contributed by atoms with Crippen LogP contribution in [0.15, 0.2) is 28.7 Å². The van der Waals surface area contributed by atoms with Gasteiger partial charge >= 0.3 is 5.97 Å². The van der Waals surface area contributed by atoms with Crippen molar-refractivity contribution in [3.8, 4) is 0 Å². The van der Waals surface area contributed by atoms with Crippen LogP contribution in [0.25, 0.3) is 0 Å². The monoisotopic (exact) mass is 222 g/mol. The fraction of sp³-hybridized carbons (Fsp3) is 0.333. The van der Waals surface area contributed by atoms with Crippen LogP contribution in [0.2, 0.25) is 0 Å². The van der Waals surface area contributed by atoms with Gasteiger partial charge in [0.1, 0.15) is 5.76 Å². The fourth-order valence-corrected chi connectivity index (χ4v) is 1.17. The number of hydrogen-bond acceptors (Lipinski definition) is 4. The second-order valence-electron chi connectivity index (χ2n) is 3.33. The Morgan fingerprint density at radius 3 is 2.62 bits per heavy atom. The molecule has 0 saturated carbocycles. The van der Waals surface area contributed by atoms with Crippen LogP contribution < -0.4 is 0 Å². The molecule has 0 N–H and O–H groups in total. The van der Waals surface area contributed by atoms with E-state index in [1.807, 2.05) is 0 Å². The van der Waals surface area contributed by atoms with Gasteiger partial charge in [-0.3, -0.25) is 4.79 Å². The number of ketones is 1. The van der Waals surface area contributed by atoms with Crippen LogP contribution in [-0.4, -0.2) is 18.4 Å². The van der Waals surface area contributed by atoms with Crippen molar-refractivity contribution in [2.24, 2.45) is 0 Å². The van der Waals surface area contributed by atoms with Gasteiger partial charge in [0.25, 0.3) is 0 Å². The van der Waals surface area contributed by atoms with E-state index in [0.717, 1.165) is 0 Å². The van der Waals surface area contributed by atoms with Gasteiger partial charge in [-0.25, -0.2) is 4.79 Å². The van der Waals surface area contributed by atoms with Crippen molar-refractivity contribution in [2.75, 3.05) is 6.61 Å². The lowest BCUT2D eigenvalue weighted by Crippen LogP contribution is -2.10. The number of ether oxygens (including phenoxy) is 1. The van der Waals surface area contributed by atoms with Crippen LogP contribution in [0.5, 0.6) is 0 Å². The summed E-state index contributed by atoms with van der Waals surface area (Å²) in [5, 5.41) is 0. The summed E-state index contributed by atoms with van der Waals surface area (Å²) in [5.74, 6) is 0.0818. The third kappa shape index (κ3) is 3.08. The first-order valence-electron chi connectivity index (χ1n) is 4.99. The molecule has 0 aromatic carbocycles. The van der Waals surface area contributed by atoms with Gasteiger partial charge in [0.2, 0.25) is 5.78 Å². The zero-order valence-corrected chi connectivity index (χ0v) is 9.41. The maximum atomic E-state index is 11.6. The lowest BCUT2D eigenvalue weighted by molar-refractivity contribution is -0.138. The van der Waals surface area contributed by atoms with E-state index in [0.29, 0.717) is 5.76 Å². The van der Waals surface area contributed by atoms with Crippen LogP contribution in [0.3, 0.4) is 0 Å². The molecule has 0 atom stereocenters. The molecule has 0 bridgehead atoms. The zero-order chi connectivity index (χ0) is 12.1. The molecule has 4 heteroatoms. The highest BCUT2D eigenvalue weighted by atomic mass is 16.5. The molecule has 0 saturated heterocycles. The molecule has 0 fully saturated rings. The van der Waals surface area contributed by atoms with E-state index >= 15 is 0 Å². The molecule has 86 valence electrons. The van der Waals surface area contributed by atoms with E-state index in [2.05, 4.69) is 6.58 Å². The Bertz CT molecular complexity index is 414. The molecule has 0 unspecified atom stereocenters. The number of rotatable bonds is 5. The molecule has 1 aromatic rings. The first-order chi connectivity index (χ1) is 7.54. The minimum absolute atomic E-state index is 0.0776. The van der Waals surface area contributed by atoms with Crippen molar-refractivity contribution < 1.29 is 18.7 Å². The van der Waals surface area contributed by atoms with Crippen molar-refractivity contribution in [2.45, 2.75) is 20.3 Å². The predicted octanol–water partition coefficient (Wildman–Crippen LogP) is 2.28. The van der Waals surface area contributed by atoms with Gasteiger partial charge in [-0.05, 0) is 26.0 Å². The molecule has 0 spiro atoms. The number of Topliss-reactive ketones (excluding diaryl/α,β-unsaturated/α-hetero) is 1. The topological polar surface area (TPSA) is 56.5 Å². The number of hydrogen-bond donors (Lipinski definition) is 0. The highest BCUT2D eigenvalue weighted by Gasteiger charge is 2.16. The van der Waals surface area contributed by atoms with E-state index in [1.54, 1.807) is 26.0 Å². The van der Waals surface area contributed by atoms with E-state index in [4.69, 9.17) is 9.15 Å². The number of carbonyl (C=O) groups excluding carboxylic acids is 2. The SMILES string of the molecule is C=C(CC(=O)c1ccc(C)o1)C(=O)OCC. The Morgan fingerprint density at radius 1 is 1.44 bits per heavy atom. The Balaban J connectivity index is 2.58. The molecule has 16 heavy (non-hydrogen) atoms. The summed E-state index contributed by atoms with van der Waals surface area (Å²) in [6.07, 6.45) is -0.0776. The van der Waals surface area contributed by atoms with Crippen LogP contribution in [0.4, 0.5) is 0 Å². The van der Waals surface area contributed by atoms with E-state index in [-0.39, 0.29) is 30.1 Å². The van der Waals surface area contributed by atoms with Crippen molar-refractivity contribution in [3.05, 3.63) is 35.8 Å². The summed E-state index contributed by atoms with van der Waals surface area (Å²) in [5.41, 5.74) is 0.140. The average Bonchev–Trinajstić information content (AvgIpc) is 2.65. The van der Waals surface area contributed by atoms with E-state index in [1.165, 1.54) is 0 Å². The maximum Gasteiger partial charge on any atom is 0.333 e. The quantitative estimate of drug-likeness (QED) is 0.435. The number of aryl methyl sites for hydroxylation is 1. The van der Waals surface area contributed by atoms with Gasteiger partial charge in [-0.2, -0.15) is 0 Å². The summed E-state index contributed by atoms with van der Waals surface area (Å²) in [7, 11) is 0. The molecule has 0 amide bonds. The number of carbonyl (C=O) groups is 2. The normalized spacial score (nSPS) is 9.88. The van der Waals surface area contributed by atoms with E-state index < -0.39 is 5.97 Å². The van der Waals surface area contributed by atoms with Gasteiger partial charge in [0, 0.05) is 12.0 Å². The minimum Gasteiger partial charge on any atom is -0.463 e. The molecule has 4 nitrogen and oxygen atoms in total. The van der Waals surface area contributed by atoms with Crippen LogP contribution in [0.1, 0.15) is 29.7 Å². The lowest BCUT2D eigenvalue weighted by Gasteiger charge is -2.02. The summed E-state index contributed by atoms with van der Waals surface area (Å²) >= 11 is 0. The Hall–Kier alpha value is -1.84. The summed E-state index contributed by atoms with van der Waals surface area (Å²) < 4.78 is 9.87. The average molecular weight is 222 g/mol. The molecular formula is C12H14O4. The second kappa shape index (κ2) is 5.30. The van der Waals surface area contributed by atoms with Crippen molar-refractivity contribution in [1.82, 2.24) is 0 Å². The summed E-state index contributed by atoms with van der Waals surface area (Å²) in [6, 6.07) is 3.27. The van der Waals surface area contributed by atoms with Crippen LogP contribution in [-0.2, 0) is 9.53 Å². The van der Waals surface area contributed by atoms with Crippen molar-refractivity contribution in [1.29, 1.82) is 0 Å². The molecule has 1 rings (SSSR count). The predicted molar refractivity (Wildman–Crippen MR) is 58.2 cm³/mol. The smallest absolute Gasteiger partial charge is 0.333 e. The molecule has 0 aliphatic carbocycles. The highest BCUT2D eigenvalue weighted by molar-refractivity contribution is 6.01. The number of esters is 1.